The van der Waals surface area contributed by atoms with Crippen LogP contribution in [0.15, 0.2) is 17.5 Å². The fourth-order valence-electron chi connectivity index (χ4n) is 2.61. The third-order valence-corrected chi connectivity index (χ3v) is 4.59. The molecule has 1 aromatic rings. The summed E-state index contributed by atoms with van der Waals surface area (Å²) in [5, 5.41) is 5.49. The molecule has 90 valence electrons. The number of rotatable bonds is 4. The zero-order valence-electron chi connectivity index (χ0n) is 10.3. The van der Waals surface area contributed by atoms with Gasteiger partial charge in [0.15, 0.2) is 0 Å². The molecule has 2 atom stereocenters. The molecule has 2 heterocycles. The fourth-order valence-corrected chi connectivity index (χ4v) is 3.43. The summed E-state index contributed by atoms with van der Waals surface area (Å²) in [5.74, 6) is 0.834. The number of hydrogen-bond donors (Lipinski definition) is 1. The van der Waals surface area contributed by atoms with Crippen LogP contribution in [-0.2, 0) is 0 Å². The van der Waals surface area contributed by atoms with Crippen molar-refractivity contribution in [3.05, 3.63) is 22.4 Å². The van der Waals surface area contributed by atoms with Gasteiger partial charge in [0.05, 0.1) is 0 Å². The van der Waals surface area contributed by atoms with Crippen molar-refractivity contribution in [1.29, 1.82) is 0 Å². The van der Waals surface area contributed by atoms with Gasteiger partial charge in [-0.3, -0.25) is 4.90 Å². The lowest BCUT2D eigenvalue weighted by atomic mass is 9.96. The van der Waals surface area contributed by atoms with Gasteiger partial charge < -0.3 is 5.32 Å². The summed E-state index contributed by atoms with van der Waals surface area (Å²) in [5.41, 5.74) is 0. The van der Waals surface area contributed by atoms with Crippen LogP contribution in [0.2, 0.25) is 0 Å². The largest absolute Gasteiger partial charge is 0.319 e. The molecule has 16 heavy (non-hydrogen) atoms. The highest BCUT2D eigenvalue weighted by Gasteiger charge is 2.24. The first-order valence-electron chi connectivity index (χ1n) is 6.23. The first-order chi connectivity index (χ1) is 7.81. The zero-order valence-corrected chi connectivity index (χ0v) is 11.1. The first-order valence-corrected chi connectivity index (χ1v) is 7.11. The van der Waals surface area contributed by atoms with Gasteiger partial charge in [0.25, 0.3) is 0 Å². The monoisotopic (exact) mass is 238 g/mol. The Bertz CT molecular complexity index is 295. The summed E-state index contributed by atoms with van der Waals surface area (Å²) in [6.07, 6.45) is 2.73. The molecule has 1 N–H and O–H groups in total. The molecule has 0 radical (unpaired) electrons. The summed E-state index contributed by atoms with van der Waals surface area (Å²) in [6, 6.07) is 5.02. The van der Waals surface area contributed by atoms with Gasteiger partial charge in [0, 0.05) is 17.5 Å². The van der Waals surface area contributed by atoms with Crippen molar-refractivity contribution in [3.63, 3.8) is 0 Å². The van der Waals surface area contributed by atoms with Crippen LogP contribution >= 0.6 is 11.3 Å². The second-order valence-corrected chi connectivity index (χ2v) is 5.73. The van der Waals surface area contributed by atoms with E-state index in [1.54, 1.807) is 0 Å². The van der Waals surface area contributed by atoms with E-state index in [1.165, 1.54) is 30.8 Å². The Labute approximate surface area is 103 Å². The highest BCUT2D eigenvalue weighted by Crippen LogP contribution is 2.28. The van der Waals surface area contributed by atoms with Gasteiger partial charge in [-0.05, 0) is 57.3 Å². The van der Waals surface area contributed by atoms with Crippen LogP contribution < -0.4 is 5.32 Å². The van der Waals surface area contributed by atoms with Gasteiger partial charge in [0.2, 0.25) is 0 Å². The number of nitrogens with zero attached hydrogens (tertiary/aromatic N) is 1. The second-order valence-electron chi connectivity index (χ2n) is 4.75. The van der Waals surface area contributed by atoms with Crippen LogP contribution in [0, 0.1) is 5.92 Å². The van der Waals surface area contributed by atoms with E-state index < -0.39 is 0 Å². The molecule has 1 aliphatic rings. The first kappa shape index (κ1) is 12.1. The number of thiophene rings is 1. The molecular formula is C13H22N2S. The minimum Gasteiger partial charge on any atom is -0.319 e. The third kappa shape index (κ3) is 2.84. The maximum atomic E-state index is 3.31. The third-order valence-electron chi connectivity index (χ3n) is 3.55. The number of piperidine rings is 1. The summed E-state index contributed by atoms with van der Waals surface area (Å²) in [4.78, 5) is 4.14. The van der Waals surface area contributed by atoms with Crippen molar-refractivity contribution in [2.24, 2.45) is 5.92 Å². The topological polar surface area (TPSA) is 15.3 Å². The fraction of sp³-hybridized carbons (Fsp3) is 0.692. The Kier molecular flexibility index (Phi) is 4.38. The molecule has 0 amide bonds. The summed E-state index contributed by atoms with van der Waals surface area (Å²) in [6.45, 7) is 6.01. The lowest BCUT2D eigenvalue weighted by molar-refractivity contribution is 0.133. The highest BCUT2D eigenvalue weighted by molar-refractivity contribution is 7.10. The average molecular weight is 238 g/mol. The minimum atomic E-state index is 0.597. The molecule has 1 fully saturated rings. The molecule has 0 aliphatic carbocycles. The van der Waals surface area contributed by atoms with Crippen LogP contribution in [0.1, 0.15) is 30.7 Å². The minimum absolute atomic E-state index is 0.597. The van der Waals surface area contributed by atoms with Gasteiger partial charge in [-0.25, -0.2) is 0 Å². The van der Waals surface area contributed by atoms with Crippen LogP contribution in [-0.4, -0.2) is 31.6 Å². The van der Waals surface area contributed by atoms with Gasteiger partial charge in [-0.1, -0.05) is 6.07 Å². The number of likely N-dealkylation sites (tertiary alicyclic amines) is 1. The van der Waals surface area contributed by atoms with Crippen LogP contribution in [0.4, 0.5) is 0 Å². The smallest absolute Gasteiger partial charge is 0.0413 e. The Morgan fingerprint density at radius 3 is 3.19 bits per heavy atom. The molecule has 0 bridgehead atoms. The standard InChI is InChI=1S/C13H22N2S/c1-11(13-6-4-8-16-13)15-7-3-5-12(10-15)9-14-2/h4,6,8,11-12,14H,3,5,7,9-10H2,1-2H3. The van der Waals surface area contributed by atoms with Crippen molar-refractivity contribution in [1.82, 2.24) is 10.2 Å². The molecule has 1 aliphatic heterocycles. The van der Waals surface area contributed by atoms with E-state index >= 15 is 0 Å². The van der Waals surface area contributed by atoms with Crippen molar-refractivity contribution >= 4 is 11.3 Å². The summed E-state index contributed by atoms with van der Waals surface area (Å²) in [7, 11) is 2.06. The number of nitrogens with one attached hydrogen (secondary N) is 1. The van der Waals surface area contributed by atoms with Crippen molar-refractivity contribution < 1.29 is 0 Å². The molecule has 3 heteroatoms. The summed E-state index contributed by atoms with van der Waals surface area (Å²) >= 11 is 1.88. The Morgan fingerprint density at radius 1 is 1.62 bits per heavy atom. The maximum Gasteiger partial charge on any atom is 0.0413 e. The van der Waals surface area contributed by atoms with Gasteiger partial charge >= 0.3 is 0 Å². The molecule has 0 saturated carbocycles. The van der Waals surface area contributed by atoms with E-state index in [0.717, 1.165) is 12.5 Å². The summed E-state index contributed by atoms with van der Waals surface area (Å²) < 4.78 is 0. The van der Waals surface area contributed by atoms with Crippen molar-refractivity contribution in [2.75, 3.05) is 26.7 Å². The average Bonchev–Trinajstić information content (AvgIpc) is 2.82. The van der Waals surface area contributed by atoms with Crippen molar-refractivity contribution in [2.45, 2.75) is 25.8 Å². The number of hydrogen-bond acceptors (Lipinski definition) is 3. The quantitative estimate of drug-likeness (QED) is 0.867. The molecular weight excluding hydrogens is 216 g/mol. The predicted octanol–water partition coefficient (Wildman–Crippen LogP) is 2.74. The van der Waals surface area contributed by atoms with Gasteiger partial charge in [0.1, 0.15) is 0 Å². The van der Waals surface area contributed by atoms with E-state index in [4.69, 9.17) is 0 Å². The van der Waals surface area contributed by atoms with E-state index in [9.17, 15) is 0 Å². The Balaban J connectivity index is 1.93. The van der Waals surface area contributed by atoms with Gasteiger partial charge in [-0.2, -0.15) is 0 Å². The molecule has 2 nitrogen and oxygen atoms in total. The molecule has 0 spiro atoms. The Morgan fingerprint density at radius 2 is 2.50 bits per heavy atom. The normalized spacial score (nSPS) is 24.5. The van der Waals surface area contributed by atoms with E-state index in [2.05, 4.69) is 41.7 Å². The van der Waals surface area contributed by atoms with E-state index in [1.807, 2.05) is 11.3 Å². The molecule has 2 unspecified atom stereocenters. The Hall–Kier alpha value is -0.380. The van der Waals surface area contributed by atoms with Crippen molar-refractivity contribution in [3.8, 4) is 0 Å². The van der Waals surface area contributed by atoms with Gasteiger partial charge in [-0.15, -0.1) is 11.3 Å². The molecule has 2 rings (SSSR count). The predicted molar refractivity (Wildman–Crippen MR) is 71.0 cm³/mol. The highest BCUT2D eigenvalue weighted by atomic mass is 32.1. The molecule has 0 aromatic carbocycles. The maximum absolute atomic E-state index is 3.31. The molecule has 1 saturated heterocycles. The van der Waals surface area contributed by atoms with Crippen LogP contribution in [0.5, 0.6) is 0 Å². The van der Waals surface area contributed by atoms with E-state index in [-0.39, 0.29) is 0 Å². The lowest BCUT2D eigenvalue weighted by Gasteiger charge is -2.36. The van der Waals surface area contributed by atoms with Crippen LogP contribution in [0.3, 0.4) is 0 Å². The zero-order chi connectivity index (χ0) is 11.4. The SMILES string of the molecule is CNCC1CCCN(C(C)c2cccs2)C1. The lowest BCUT2D eigenvalue weighted by Crippen LogP contribution is -2.40. The van der Waals surface area contributed by atoms with E-state index in [0.29, 0.717) is 6.04 Å². The molecule has 1 aromatic heterocycles. The second kappa shape index (κ2) is 5.80. The van der Waals surface area contributed by atoms with Crippen LogP contribution in [0.25, 0.3) is 0 Å².